The second kappa shape index (κ2) is 13.2. The van der Waals surface area contributed by atoms with Crippen molar-refractivity contribution in [1.29, 1.82) is 0 Å². The van der Waals surface area contributed by atoms with Gasteiger partial charge in [-0.1, -0.05) is 103 Å². The Morgan fingerprint density at radius 1 is 0.310 bits per heavy atom. The average molecular weight is 557 g/mol. The number of hydrogen-bond donors (Lipinski definition) is 0. The van der Waals surface area contributed by atoms with E-state index in [0.717, 1.165) is 10.8 Å². The summed E-state index contributed by atoms with van der Waals surface area (Å²) >= 11 is 0. The lowest BCUT2D eigenvalue weighted by atomic mass is 10.1. The van der Waals surface area contributed by atoms with Gasteiger partial charge < -0.3 is 28.4 Å². The van der Waals surface area contributed by atoms with Crippen molar-refractivity contribution < 1.29 is 28.4 Å². The van der Waals surface area contributed by atoms with Gasteiger partial charge in [-0.05, 0) is 60.0 Å². The van der Waals surface area contributed by atoms with Gasteiger partial charge in [-0.2, -0.15) is 0 Å². The van der Waals surface area contributed by atoms with Crippen molar-refractivity contribution in [3.8, 4) is 34.5 Å². The molecule has 42 heavy (non-hydrogen) atoms. The second-order valence-corrected chi connectivity index (χ2v) is 9.15. The van der Waals surface area contributed by atoms with Gasteiger partial charge in [-0.25, -0.2) is 0 Å². The van der Waals surface area contributed by atoms with Gasteiger partial charge in [0.2, 0.25) is 0 Å². The highest BCUT2D eigenvalue weighted by molar-refractivity contribution is 5.90. The van der Waals surface area contributed by atoms with Crippen molar-refractivity contribution >= 4 is 10.8 Å². The van der Waals surface area contributed by atoms with Crippen LogP contribution in [-0.4, -0.2) is 13.0 Å². The summed E-state index contributed by atoms with van der Waals surface area (Å²) in [5, 5.41) is 1.74. The molecule has 0 aliphatic carbocycles. The zero-order chi connectivity index (χ0) is 28.4. The lowest BCUT2D eigenvalue weighted by molar-refractivity contribution is -0.153. The highest BCUT2D eigenvalue weighted by atomic mass is 16.9. The summed E-state index contributed by atoms with van der Waals surface area (Å²) in [4.78, 5) is 0. The molecule has 0 aliphatic heterocycles. The number of ether oxygens (including phenoxy) is 6. The van der Waals surface area contributed by atoms with Crippen LogP contribution < -0.4 is 28.4 Å². The Labute approximate surface area is 244 Å². The molecule has 6 nitrogen and oxygen atoms in total. The Morgan fingerprint density at radius 2 is 0.690 bits per heavy atom. The Morgan fingerprint density at radius 3 is 1.14 bits per heavy atom. The van der Waals surface area contributed by atoms with Crippen LogP contribution in [-0.2, 0) is 0 Å². The molecule has 0 N–H and O–H groups in total. The van der Waals surface area contributed by atoms with Crippen LogP contribution in [0.15, 0.2) is 158 Å². The normalized spacial score (nSPS) is 10.8. The van der Waals surface area contributed by atoms with Gasteiger partial charge in [0.05, 0.1) is 0 Å². The van der Waals surface area contributed by atoms with E-state index in [2.05, 4.69) is 0 Å². The van der Waals surface area contributed by atoms with E-state index in [1.54, 1.807) is 0 Å². The fourth-order valence-corrected chi connectivity index (χ4v) is 4.22. The standard InChI is InChI=1S/C36H28O6/c1-5-16-28(17-6-1)37-35(38-29-18-7-2-8-19-29)41-33-26-25-27-15-13-14-24-32(27)34(33)42-36(39-30-20-9-3-10-21-30)40-31-22-11-4-12-23-31/h1-26,35-36H. The summed E-state index contributed by atoms with van der Waals surface area (Å²) in [6, 6.07) is 49.0. The molecule has 0 spiro atoms. The van der Waals surface area contributed by atoms with Crippen LogP contribution in [0.1, 0.15) is 0 Å². The SMILES string of the molecule is c1ccc(OC(Oc2ccccc2)Oc2ccc3ccccc3c2OC(Oc2ccccc2)Oc2ccccc2)cc1. The lowest BCUT2D eigenvalue weighted by Crippen LogP contribution is -2.33. The zero-order valence-electron chi connectivity index (χ0n) is 22.6. The highest BCUT2D eigenvalue weighted by Gasteiger charge is 2.24. The summed E-state index contributed by atoms with van der Waals surface area (Å²) in [5.41, 5.74) is 0. The first-order chi connectivity index (χ1) is 20.8. The first-order valence-corrected chi connectivity index (χ1v) is 13.5. The molecule has 0 saturated carbocycles. The summed E-state index contributed by atoms with van der Waals surface area (Å²) in [6.45, 7) is -2.28. The fraction of sp³-hybridized carbons (Fsp3) is 0.0556. The summed E-state index contributed by atoms with van der Waals surface area (Å²) in [7, 11) is 0. The van der Waals surface area contributed by atoms with E-state index < -0.39 is 13.0 Å². The molecule has 6 aromatic carbocycles. The number of benzene rings is 6. The number of para-hydroxylation sites is 4. The van der Waals surface area contributed by atoms with Crippen molar-refractivity contribution in [2.45, 2.75) is 13.0 Å². The predicted octanol–water partition coefficient (Wildman–Crippen LogP) is 8.48. The molecule has 0 bridgehead atoms. The molecule has 208 valence electrons. The molecule has 0 unspecified atom stereocenters. The number of rotatable bonds is 12. The quantitative estimate of drug-likeness (QED) is 0.141. The smallest absolute Gasteiger partial charge is 0.406 e. The van der Waals surface area contributed by atoms with Crippen molar-refractivity contribution in [3.63, 3.8) is 0 Å². The first kappa shape index (κ1) is 26.6. The zero-order valence-corrected chi connectivity index (χ0v) is 22.6. The van der Waals surface area contributed by atoms with Crippen LogP contribution in [0.3, 0.4) is 0 Å². The predicted molar refractivity (Wildman–Crippen MR) is 161 cm³/mol. The van der Waals surface area contributed by atoms with Crippen LogP contribution >= 0.6 is 0 Å². The third-order valence-corrected chi connectivity index (χ3v) is 6.18. The summed E-state index contributed by atoms with van der Waals surface area (Å²) < 4.78 is 37.4. The van der Waals surface area contributed by atoms with E-state index in [1.165, 1.54) is 0 Å². The van der Waals surface area contributed by atoms with E-state index >= 15 is 0 Å². The van der Waals surface area contributed by atoms with Crippen LogP contribution in [0.4, 0.5) is 0 Å². The van der Waals surface area contributed by atoms with Gasteiger partial charge in [0.1, 0.15) is 23.0 Å². The maximum absolute atomic E-state index is 6.49. The Kier molecular flexibility index (Phi) is 8.33. The molecule has 6 heteroatoms. The van der Waals surface area contributed by atoms with E-state index in [1.807, 2.05) is 158 Å². The Balaban J connectivity index is 1.36. The maximum Gasteiger partial charge on any atom is 0.406 e. The van der Waals surface area contributed by atoms with Crippen molar-refractivity contribution in [3.05, 3.63) is 158 Å². The molecule has 0 fully saturated rings. The van der Waals surface area contributed by atoms with Crippen LogP contribution in [0.2, 0.25) is 0 Å². The lowest BCUT2D eigenvalue weighted by Gasteiger charge is -2.25. The molecular formula is C36H28O6. The minimum Gasteiger partial charge on any atom is -0.423 e. The monoisotopic (exact) mass is 556 g/mol. The van der Waals surface area contributed by atoms with E-state index in [-0.39, 0.29) is 0 Å². The maximum atomic E-state index is 6.49. The molecule has 6 aromatic rings. The molecule has 0 heterocycles. The largest absolute Gasteiger partial charge is 0.423 e. The minimum absolute atomic E-state index is 0.379. The molecular weight excluding hydrogens is 528 g/mol. The van der Waals surface area contributed by atoms with Crippen LogP contribution in [0.5, 0.6) is 34.5 Å². The minimum atomic E-state index is -1.15. The third-order valence-electron chi connectivity index (χ3n) is 6.18. The van der Waals surface area contributed by atoms with Crippen molar-refractivity contribution in [2.75, 3.05) is 0 Å². The van der Waals surface area contributed by atoms with Gasteiger partial charge in [0.15, 0.2) is 11.5 Å². The first-order valence-electron chi connectivity index (χ1n) is 13.5. The van der Waals surface area contributed by atoms with Gasteiger partial charge in [0, 0.05) is 5.39 Å². The van der Waals surface area contributed by atoms with Gasteiger partial charge in [-0.15, -0.1) is 0 Å². The van der Waals surface area contributed by atoms with Crippen molar-refractivity contribution in [1.82, 2.24) is 0 Å². The van der Waals surface area contributed by atoms with E-state index in [4.69, 9.17) is 28.4 Å². The van der Waals surface area contributed by atoms with Crippen LogP contribution in [0.25, 0.3) is 10.8 Å². The number of fused-ring (bicyclic) bond motifs is 1. The topological polar surface area (TPSA) is 55.4 Å². The van der Waals surface area contributed by atoms with Gasteiger partial charge in [-0.3, -0.25) is 0 Å². The molecule has 0 amide bonds. The van der Waals surface area contributed by atoms with Gasteiger partial charge >= 0.3 is 13.0 Å². The summed E-state index contributed by atoms with van der Waals surface area (Å²) in [5.74, 6) is 3.11. The van der Waals surface area contributed by atoms with Gasteiger partial charge in [0.25, 0.3) is 0 Å². The Bertz CT molecular complexity index is 1600. The van der Waals surface area contributed by atoms with E-state index in [9.17, 15) is 0 Å². The fourth-order valence-electron chi connectivity index (χ4n) is 4.22. The third kappa shape index (κ3) is 6.92. The van der Waals surface area contributed by atoms with E-state index in [0.29, 0.717) is 34.5 Å². The Hall–Kier alpha value is -5.62. The molecule has 6 rings (SSSR count). The van der Waals surface area contributed by atoms with Crippen LogP contribution in [0, 0.1) is 0 Å². The molecule has 0 aliphatic rings. The summed E-state index contributed by atoms with van der Waals surface area (Å²) in [6.07, 6.45) is 0. The molecule has 0 radical (unpaired) electrons. The molecule has 0 atom stereocenters. The average Bonchev–Trinajstić information content (AvgIpc) is 3.04. The highest BCUT2D eigenvalue weighted by Crippen LogP contribution is 2.38. The molecule has 0 aromatic heterocycles. The molecule has 0 saturated heterocycles. The number of hydrogen-bond acceptors (Lipinski definition) is 6. The van der Waals surface area contributed by atoms with Crippen molar-refractivity contribution in [2.24, 2.45) is 0 Å². The second-order valence-electron chi connectivity index (χ2n) is 9.15.